The molecule has 0 N–H and O–H groups in total. The van der Waals surface area contributed by atoms with Gasteiger partial charge >= 0.3 is 11.6 Å². The topological polar surface area (TPSA) is 72.6 Å². The van der Waals surface area contributed by atoms with Gasteiger partial charge in [-0.15, -0.1) is 0 Å². The van der Waals surface area contributed by atoms with Crippen LogP contribution in [0.5, 0.6) is 0 Å². The number of rotatable bonds is 4. The molecule has 0 saturated heterocycles. The van der Waals surface area contributed by atoms with E-state index in [0.29, 0.717) is 16.4 Å². The molecular weight excluding hydrogens is 335 g/mol. The van der Waals surface area contributed by atoms with Crippen LogP contribution in [0.15, 0.2) is 39.5 Å². The van der Waals surface area contributed by atoms with Crippen molar-refractivity contribution in [2.45, 2.75) is 6.54 Å². The molecule has 24 heavy (non-hydrogen) atoms. The van der Waals surface area contributed by atoms with Gasteiger partial charge in [0, 0.05) is 13.6 Å². The largest absolute Gasteiger partial charge is 0.465 e. The van der Waals surface area contributed by atoms with Crippen LogP contribution in [0.25, 0.3) is 10.4 Å². The fourth-order valence-corrected chi connectivity index (χ4v) is 3.05. The second-order valence-electron chi connectivity index (χ2n) is 5.09. The number of aromatic nitrogens is 1. The average Bonchev–Trinajstić information content (AvgIpc) is 2.98. The highest BCUT2D eigenvalue weighted by Crippen LogP contribution is 2.28. The Morgan fingerprint density at radius 2 is 2.08 bits per heavy atom. The van der Waals surface area contributed by atoms with E-state index in [1.165, 1.54) is 36.6 Å². The van der Waals surface area contributed by atoms with Crippen LogP contribution in [0.4, 0.5) is 9.52 Å². The first kappa shape index (κ1) is 16.1. The highest BCUT2D eigenvalue weighted by Gasteiger charge is 2.18. The lowest BCUT2D eigenvalue weighted by molar-refractivity contribution is 0.0596. The van der Waals surface area contributed by atoms with Gasteiger partial charge in [-0.25, -0.2) is 14.0 Å². The van der Waals surface area contributed by atoms with E-state index in [-0.39, 0.29) is 17.1 Å². The molecule has 8 heteroatoms. The van der Waals surface area contributed by atoms with E-state index < -0.39 is 11.6 Å². The molecule has 2 heterocycles. The number of fused-ring (bicyclic) bond motifs is 1. The molecule has 0 aliphatic carbocycles. The van der Waals surface area contributed by atoms with Gasteiger partial charge in [-0.2, -0.15) is 4.98 Å². The summed E-state index contributed by atoms with van der Waals surface area (Å²) in [6.07, 6.45) is 0. The third kappa shape index (κ3) is 3.13. The quantitative estimate of drug-likeness (QED) is 0.675. The number of anilines is 1. The van der Waals surface area contributed by atoms with Crippen LogP contribution in [-0.2, 0) is 11.3 Å². The fourth-order valence-electron chi connectivity index (χ4n) is 2.15. The Labute approximate surface area is 140 Å². The predicted molar refractivity (Wildman–Crippen MR) is 88.0 cm³/mol. The number of carbonyl (C=O) groups excluding carboxylic acids is 1. The van der Waals surface area contributed by atoms with Gasteiger partial charge in [0.05, 0.1) is 11.8 Å². The summed E-state index contributed by atoms with van der Waals surface area (Å²) in [5.74, 6) is -1.04. The van der Waals surface area contributed by atoms with Crippen LogP contribution in [0.3, 0.4) is 0 Å². The normalized spacial score (nSPS) is 10.8. The monoisotopic (exact) mass is 348 g/mol. The van der Waals surface area contributed by atoms with E-state index in [4.69, 9.17) is 4.42 Å². The number of hydrogen-bond donors (Lipinski definition) is 0. The number of thiazole rings is 1. The molecule has 1 aromatic carbocycles. The van der Waals surface area contributed by atoms with E-state index in [0.717, 1.165) is 5.56 Å². The second-order valence-corrected chi connectivity index (χ2v) is 6.10. The van der Waals surface area contributed by atoms with Crippen LogP contribution in [0, 0.1) is 5.82 Å². The van der Waals surface area contributed by atoms with Gasteiger partial charge in [0.2, 0.25) is 5.71 Å². The van der Waals surface area contributed by atoms with Gasteiger partial charge in [-0.3, -0.25) is 0 Å². The molecule has 3 rings (SSSR count). The number of esters is 1. The van der Waals surface area contributed by atoms with Gasteiger partial charge in [0.1, 0.15) is 11.4 Å². The lowest BCUT2D eigenvalue weighted by atomic mass is 10.2. The zero-order valence-corrected chi connectivity index (χ0v) is 13.7. The van der Waals surface area contributed by atoms with Crippen LogP contribution < -0.4 is 10.5 Å². The average molecular weight is 348 g/mol. The van der Waals surface area contributed by atoms with Crippen molar-refractivity contribution in [2.75, 3.05) is 19.1 Å². The minimum absolute atomic E-state index is 0.165. The number of hydrogen-bond acceptors (Lipinski definition) is 7. The Morgan fingerprint density at radius 3 is 2.75 bits per heavy atom. The molecule has 0 fully saturated rings. The first-order valence-corrected chi connectivity index (χ1v) is 7.78. The first-order chi connectivity index (χ1) is 11.5. The Hall–Kier alpha value is -2.74. The van der Waals surface area contributed by atoms with E-state index in [1.807, 2.05) is 11.9 Å². The van der Waals surface area contributed by atoms with Gasteiger partial charge in [-0.05, 0) is 23.8 Å². The summed E-state index contributed by atoms with van der Waals surface area (Å²) in [7, 11) is 3.01. The zero-order chi connectivity index (χ0) is 17.3. The van der Waals surface area contributed by atoms with Crippen molar-refractivity contribution in [1.82, 2.24) is 4.98 Å². The maximum atomic E-state index is 13.0. The lowest BCUT2D eigenvalue weighted by Gasteiger charge is -2.15. The number of halogens is 1. The number of carbonyl (C=O) groups is 1. The smallest absolute Gasteiger partial charge is 0.352 e. The molecule has 6 nitrogen and oxygen atoms in total. The summed E-state index contributed by atoms with van der Waals surface area (Å²) in [5, 5.41) is 0.611. The molecular formula is C16H13FN2O4S. The van der Waals surface area contributed by atoms with Gasteiger partial charge < -0.3 is 14.1 Å². The first-order valence-electron chi connectivity index (χ1n) is 6.96. The highest BCUT2D eigenvalue weighted by molar-refractivity contribution is 7.22. The zero-order valence-electron chi connectivity index (χ0n) is 12.9. The van der Waals surface area contributed by atoms with E-state index in [1.54, 1.807) is 12.1 Å². The molecule has 3 aromatic rings. The highest BCUT2D eigenvalue weighted by atomic mass is 32.1. The Balaban J connectivity index is 1.91. The van der Waals surface area contributed by atoms with Crippen LogP contribution in [-0.4, -0.2) is 25.1 Å². The molecule has 0 aliphatic heterocycles. The molecule has 0 saturated carbocycles. The van der Waals surface area contributed by atoms with E-state index in [2.05, 4.69) is 9.72 Å². The molecule has 0 unspecified atom stereocenters. The second kappa shape index (κ2) is 6.40. The van der Waals surface area contributed by atoms with Crippen LogP contribution >= 0.6 is 11.3 Å². The molecule has 2 aromatic heterocycles. The van der Waals surface area contributed by atoms with Gasteiger partial charge in [0.25, 0.3) is 0 Å². The third-order valence-corrected chi connectivity index (χ3v) is 4.46. The fraction of sp³-hybridized carbons (Fsp3) is 0.188. The summed E-state index contributed by atoms with van der Waals surface area (Å²) >= 11 is 1.28. The molecule has 0 atom stereocenters. The maximum Gasteiger partial charge on any atom is 0.352 e. The van der Waals surface area contributed by atoms with E-state index in [9.17, 15) is 14.0 Å². The summed E-state index contributed by atoms with van der Waals surface area (Å²) in [6, 6.07) is 7.58. The van der Waals surface area contributed by atoms with Crippen molar-refractivity contribution in [3.05, 3.63) is 57.7 Å². The standard InChI is InChI=1S/C16H13FN2O4S/c1-19(8-9-3-5-10(17)6-4-9)16-18-13-12(24-16)7-11(14(20)22-2)15(21)23-13/h3-7H,8H2,1-2H3. The molecule has 0 spiro atoms. The number of nitrogens with zero attached hydrogens (tertiary/aromatic N) is 2. The predicted octanol–water partition coefficient (Wildman–Crippen LogP) is 2.81. The molecule has 124 valence electrons. The minimum Gasteiger partial charge on any atom is -0.465 e. The van der Waals surface area contributed by atoms with Crippen molar-refractivity contribution >= 4 is 32.9 Å². The lowest BCUT2D eigenvalue weighted by Crippen LogP contribution is -2.16. The molecule has 0 bridgehead atoms. The van der Waals surface area contributed by atoms with Crippen molar-refractivity contribution in [1.29, 1.82) is 0 Å². The Morgan fingerprint density at radius 1 is 1.38 bits per heavy atom. The molecule has 0 aliphatic rings. The molecule has 0 amide bonds. The van der Waals surface area contributed by atoms with Crippen LogP contribution in [0.2, 0.25) is 0 Å². The van der Waals surface area contributed by atoms with Crippen molar-refractivity contribution in [3.8, 4) is 0 Å². The third-order valence-electron chi connectivity index (χ3n) is 3.36. The number of ether oxygens (including phenoxy) is 1. The number of methoxy groups -OCH3 is 1. The SMILES string of the molecule is COC(=O)c1cc2sc(N(C)Cc3ccc(F)cc3)nc2oc1=O. The van der Waals surface area contributed by atoms with E-state index >= 15 is 0 Å². The van der Waals surface area contributed by atoms with Crippen molar-refractivity contribution < 1.29 is 18.3 Å². The summed E-state index contributed by atoms with van der Waals surface area (Å²) in [5.41, 5.74) is 0.127. The summed E-state index contributed by atoms with van der Waals surface area (Å²) in [4.78, 5) is 29.4. The Kier molecular flexibility index (Phi) is 4.30. The van der Waals surface area contributed by atoms with Crippen LogP contribution in [0.1, 0.15) is 15.9 Å². The number of benzene rings is 1. The summed E-state index contributed by atoms with van der Waals surface area (Å²) in [6.45, 7) is 0.508. The maximum absolute atomic E-state index is 13.0. The minimum atomic E-state index is -0.785. The van der Waals surface area contributed by atoms with Crippen molar-refractivity contribution in [3.63, 3.8) is 0 Å². The van der Waals surface area contributed by atoms with Gasteiger partial charge in [0.15, 0.2) is 5.13 Å². The molecule has 0 radical (unpaired) electrons. The summed E-state index contributed by atoms with van der Waals surface area (Å²) < 4.78 is 23.2. The van der Waals surface area contributed by atoms with Crippen molar-refractivity contribution in [2.24, 2.45) is 0 Å². The Bertz CT molecular complexity index is 949. The van der Waals surface area contributed by atoms with Gasteiger partial charge in [-0.1, -0.05) is 23.5 Å².